The molecule has 4 aromatic rings. The molecule has 0 spiro atoms. The number of H-pyrrole nitrogens is 1. The van der Waals surface area contributed by atoms with E-state index >= 15 is 0 Å². The average Bonchev–Trinajstić information content (AvgIpc) is 3.35. The second-order valence-corrected chi connectivity index (χ2v) is 8.46. The number of hydrogen-bond acceptors (Lipinski definition) is 3. The summed E-state index contributed by atoms with van der Waals surface area (Å²) in [5.41, 5.74) is 9.01. The van der Waals surface area contributed by atoms with Crippen molar-refractivity contribution in [3.63, 3.8) is 0 Å². The SMILES string of the molecule is Cl.O=C1NC(=O)c2c1c1c(c3[nH]c4ccccc4c23)C2CCNCCc3cccc-1c32. The minimum Gasteiger partial charge on any atom is -0.354 e. The highest BCUT2D eigenvalue weighted by Gasteiger charge is 2.42. The molecule has 154 valence electrons. The Morgan fingerprint density at radius 3 is 2.58 bits per heavy atom. The number of para-hydroxylation sites is 1. The van der Waals surface area contributed by atoms with Crippen molar-refractivity contribution in [3.05, 3.63) is 70.3 Å². The maximum absolute atomic E-state index is 13.0. The number of halogens is 1. The molecule has 5 nitrogen and oxygen atoms in total. The maximum Gasteiger partial charge on any atom is 0.259 e. The van der Waals surface area contributed by atoms with Crippen LogP contribution in [-0.2, 0) is 6.42 Å². The number of aromatic nitrogens is 1. The van der Waals surface area contributed by atoms with Gasteiger partial charge in [0.25, 0.3) is 11.8 Å². The topological polar surface area (TPSA) is 74.0 Å². The summed E-state index contributed by atoms with van der Waals surface area (Å²) in [7, 11) is 0. The van der Waals surface area contributed by atoms with Crippen LogP contribution in [0.15, 0.2) is 42.5 Å². The lowest BCUT2D eigenvalue weighted by Gasteiger charge is -2.21. The van der Waals surface area contributed by atoms with Crippen molar-refractivity contribution < 1.29 is 9.59 Å². The fourth-order valence-corrected chi connectivity index (χ4v) is 5.91. The summed E-state index contributed by atoms with van der Waals surface area (Å²) in [6.45, 7) is 1.89. The van der Waals surface area contributed by atoms with Crippen molar-refractivity contribution in [2.45, 2.75) is 18.8 Å². The first-order valence-corrected chi connectivity index (χ1v) is 10.5. The predicted octanol–water partition coefficient (Wildman–Crippen LogP) is 4.27. The smallest absolute Gasteiger partial charge is 0.259 e. The molecule has 3 aromatic carbocycles. The van der Waals surface area contributed by atoms with E-state index in [9.17, 15) is 9.59 Å². The van der Waals surface area contributed by atoms with Crippen molar-refractivity contribution in [2.75, 3.05) is 13.1 Å². The third kappa shape index (κ3) is 2.25. The van der Waals surface area contributed by atoms with E-state index in [1.54, 1.807) is 0 Å². The number of rotatable bonds is 0. The highest BCUT2D eigenvalue weighted by Crippen LogP contribution is 2.54. The molecule has 1 aromatic heterocycles. The van der Waals surface area contributed by atoms with Gasteiger partial charge in [0.15, 0.2) is 0 Å². The molecule has 1 atom stereocenters. The molecule has 0 bridgehead atoms. The lowest BCUT2D eigenvalue weighted by molar-refractivity contribution is 0.0880. The molecule has 0 saturated carbocycles. The summed E-state index contributed by atoms with van der Waals surface area (Å²) < 4.78 is 0. The number of carbonyl (C=O) groups is 2. The van der Waals surface area contributed by atoms with Crippen LogP contribution in [0.5, 0.6) is 0 Å². The molecule has 3 N–H and O–H groups in total. The van der Waals surface area contributed by atoms with Crippen LogP contribution in [0.1, 0.15) is 49.7 Å². The van der Waals surface area contributed by atoms with Crippen LogP contribution in [0.25, 0.3) is 32.9 Å². The van der Waals surface area contributed by atoms with Crippen LogP contribution in [0, 0.1) is 0 Å². The minimum absolute atomic E-state index is 0. The molecule has 31 heavy (non-hydrogen) atoms. The van der Waals surface area contributed by atoms with E-state index in [2.05, 4.69) is 33.8 Å². The molecule has 3 aliphatic rings. The Kier molecular flexibility index (Phi) is 3.86. The molecule has 3 heterocycles. The molecule has 6 heteroatoms. The van der Waals surface area contributed by atoms with E-state index in [0.29, 0.717) is 11.1 Å². The van der Waals surface area contributed by atoms with E-state index in [0.717, 1.165) is 58.9 Å². The number of hydrogen-bond donors (Lipinski definition) is 3. The van der Waals surface area contributed by atoms with Crippen LogP contribution < -0.4 is 10.6 Å². The molecular weight excluding hydrogens is 410 g/mol. The van der Waals surface area contributed by atoms with Crippen LogP contribution in [-0.4, -0.2) is 29.9 Å². The zero-order valence-corrected chi connectivity index (χ0v) is 17.5. The first-order valence-electron chi connectivity index (χ1n) is 10.5. The van der Waals surface area contributed by atoms with Gasteiger partial charge in [0.1, 0.15) is 0 Å². The molecule has 0 fully saturated rings. The van der Waals surface area contributed by atoms with Gasteiger partial charge in [-0.3, -0.25) is 14.9 Å². The van der Waals surface area contributed by atoms with Crippen molar-refractivity contribution in [1.29, 1.82) is 0 Å². The molecule has 0 radical (unpaired) electrons. The molecule has 1 unspecified atom stereocenters. The summed E-state index contributed by atoms with van der Waals surface area (Å²) >= 11 is 0. The second-order valence-electron chi connectivity index (χ2n) is 8.46. The van der Waals surface area contributed by atoms with Gasteiger partial charge in [-0.15, -0.1) is 12.4 Å². The molecule has 2 aliphatic heterocycles. The predicted molar refractivity (Wildman–Crippen MR) is 123 cm³/mol. The van der Waals surface area contributed by atoms with Gasteiger partial charge in [0.2, 0.25) is 0 Å². The van der Waals surface area contributed by atoms with Crippen molar-refractivity contribution in [1.82, 2.24) is 15.6 Å². The minimum atomic E-state index is -0.292. The third-order valence-electron chi connectivity index (χ3n) is 7.02. The molecule has 1 aliphatic carbocycles. The fourth-order valence-electron chi connectivity index (χ4n) is 5.91. The van der Waals surface area contributed by atoms with E-state index in [4.69, 9.17) is 0 Å². The second kappa shape index (κ2) is 6.42. The number of aromatic amines is 1. The van der Waals surface area contributed by atoms with Gasteiger partial charge >= 0.3 is 0 Å². The first kappa shape index (κ1) is 18.6. The Bertz CT molecular complexity index is 1450. The summed E-state index contributed by atoms with van der Waals surface area (Å²) in [4.78, 5) is 29.6. The largest absolute Gasteiger partial charge is 0.354 e. The summed E-state index contributed by atoms with van der Waals surface area (Å²) in [5.74, 6) is -0.355. The number of amides is 2. The Balaban J connectivity index is 0.00000185. The Morgan fingerprint density at radius 2 is 1.68 bits per heavy atom. The molecular formula is C25H20ClN3O2. The Morgan fingerprint density at radius 1 is 0.839 bits per heavy atom. The third-order valence-corrected chi connectivity index (χ3v) is 7.02. The highest BCUT2D eigenvalue weighted by atomic mass is 35.5. The maximum atomic E-state index is 13.0. The normalized spacial score (nSPS) is 18.8. The van der Waals surface area contributed by atoms with Gasteiger partial charge in [-0.2, -0.15) is 0 Å². The van der Waals surface area contributed by atoms with Crippen LogP contribution in [0.3, 0.4) is 0 Å². The zero-order valence-electron chi connectivity index (χ0n) is 16.7. The van der Waals surface area contributed by atoms with Crippen LogP contribution in [0.4, 0.5) is 0 Å². The monoisotopic (exact) mass is 429 g/mol. The van der Waals surface area contributed by atoms with Gasteiger partial charge < -0.3 is 10.3 Å². The van der Waals surface area contributed by atoms with Gasteiger partial charge in [0, 0.05) is 27.8 Å². The van der Waals surface area contributed by atoms with Crippen LogP contribution >= 0.6 is 12.4 Å². The lowest BCUT2D eigenvalue weighted by Crippen LogP contribution is -2.23. The molecule has 2 amide bonds. The van der Waals surface area contributed by atoms with Gasteiger partial charge in [-0.05, 0) is 54.3 Å². The van der Waals surface area contributed by atoms with E-state index in [1.165, 1.54) is 16.7 Å². The molecule has 7 rings (SSSR count). The number of imide groups is 1. The summed E-state index contributed by atoms with van der Waals surface area (Å²) in [5, 5.41) is 8.00. The van der Waals surface area contributed by atoms with Crippen molar-refractivity contribution in [3.8, 4) is 11.1 Å². The number of benzene rings is 3. The number of carbonyl (C=O) groups excluding carboxylic acids is 2. The fraction of sp³-hybridized carbons (Fsp3) is 0.200. The number of nitrogens with one attached hydrogen (secondary N) is 3. The quantitative estimate of drug-likeness (QED) is 0.365. The first-order chi connectivity index (χ1) is 14.7. The van der Waals surface area contributed by atoms with Gasteiger partial charge in [-0.25, -0.2) is 0 Å². The van der Waals surface area contributed by atoms with Crippen molar-refractivity contribution in [2.24, 2.45) is 0 Å². The lowest BCUT2D eigenvalue weighted by atomic mass is 9.86. The van der Waals surface area contributed by atoms with Gasteiger partial charge in [-0.1, -0.05) is 36.4 Å². The standard InChI is InChI=1S/C25H19N3O2.ClH/c29-24-21-18-14-6-3-4-12-8-10-26-11-9-15(17(12)14)20(18)23-19(22(21)25(30)28-24)13-5-1-2-7-16(13)27-23;/h1-7,15,26-27H,8-11H2,(H,28,29,30);1H. The summed E-state index contributed by atoms with van der Waals surface area (Å²) in [6.07, 6.45) is 1.94. The van der Waals surface area contributed by atoms with Crippen LogP contribution in [0.2, 0.25) is 0 Å². The van der Waals surface area contributed by atoms with E-state index in [1.807, 2.05) is 24.3 Å². The van der Waals surface area contributed by atoms with Crippen molar-refractivity contribution >= 4 is 46.0 Å². The number of fused-ring (bicyclic) bond motifs is 10. The molecule has 0 saturated heterocycles. The van der Waals surface area contributed by atoms with E-state index in [-0.39, 0.29) is 30.1 Å². The Labute approximate surface area is 184 Å². The van der Waals surface area contributed by atoms with Gasteiger partial charge in [0.05, 0.1) is 16.6 Å². The average molecular weight is 430 g/mol. The van der Waals surface area contributed by atoms with E-state index < -0.39 is 0 Å². The Hall–Kier alpha value is -3.15. The zero-order chi connectivity index (χ0) is 20.0. The summed E-state index contributed by atoms with van der Waals surface area (Å²) in [6, 6.07) is 14.5. The highest BCUT2D eigenvalue weighted by molar-refractivity contribution is 6.33.